The highest BCUT2D eigenvalue weighted by Gasteiger charge is 2.20. The molecule has 0 radical (unpaired) electrons. The Morgan fingerprint density at radius 1 is 1.33 bits per heavy atom. The quantitative estimate of drug-likeness (QED) is 0.934. The van der Waals surface area contributed by atoms with E-state index in [2.05, 4.69) is 22.3 Å². The standard InChI is InChI=1S/C15H21N5O/c1-3-16-14-8-13(12-9-17-20(2)10-12)18-15(19-14)11-4-6-21-7-5-11/h8-11H,3-7H2,1-2H3,(H,16,18,19). The van der Waals surface area contributed by atoms with Crippen molar-refractivity contribution in [1.29, 1.82) is 0 Å². The lowest BCUT2D eigenvalue weighted by Crippen LogP contribution is -2.17. The van der Waals surface area contributed by atoms with Crippen molar-refractivity contribution >= 4 is 5.82 Å². The van der Waals surface area contributed by atoms with Gasteiger partial charge in [0.15, 0.2) is 0 Å². The summed E-state index contributed by atoms with van der Waals surface area (Å²) >= 11 is 0. The Morgan fingerprint density at radius 3 is 2.81 bits per heavy atom. The van der Waals surface area contributed by atoms with Crippen molar-refractivity contribution in [3.63, 3.8) is 0 Å². The van der Waals surface area contributed by atoms with Gasteiger partial charge in [-0.1, -0.05) is 0 Å². The van der Waals surface area contributed by atoms with Crippen LogP contribution in [0.2, 0.25) is 0 Å². The number of nitrogens with zero attached hydrogens (tertiary/aromatic N) is 4. The van der Waals surface area contributed by atoms with Crippen LogP contribution >= 0.6 is 0 Å². The molecule has 3 rings (SSSR count). The number of anilines is 1. The van der Waals surface area contributed by atoms with Crippen molar-refractivity contribution in [2.24, 2.45) is 7.05 Å². The molecule has 0 spiro atoms. The first kappa shape index (κ1) is 14.0. The summed E-state index contributed by atoms with van der Waals surface area (Å²) in [5.74, 6) is 2.18. The van der Waals surface area contributed by atoms with Crippen LogP contribution in [0.5, 0.6) is 0 Å². The molecule has 0 amide bonds. The van der Waals surface area contributed by atoms with Crippen LogP contribution in [-0.2, 0) is 11.8 Å². The lowest BCUT2D eigenvalue weighted by Gasteiger charge is -2.21. The molecule has 0 saturated carbocycles. The highest BCUT2D eigenvalue weighted by Crippen LogP contribution is 2.27. The molecule has 1 fully saturated rings. The van der Waals surface area contributed by atoms with E-state index < -0.39 is 0 Å². The van der Waals surface area contributed by atoms with Crippen LogP contribution in [0.3, 0.4) is 0 Å². The summed E-state index contributed by atoms with van der Waals surface area (Å²) in [6.45, 7) is 4.50. The van der Waals surface area contributed by atoms with Crippen LogP contribution in [0.1, 0.15) is 31.5 Å². The van der Waals surface area contributed by atoms with Gasteiger partial charge < -0.3 is 10.1 Å². The third-order valence-electron chi connectivity index (χ3n) is 3.69. The number of hydrogen-bond acceptors (Lipinski definition) is 5. The van der Waals surface area contributed by atoms with E-state index in [-0.39, 0.29) is 0 Å². The molecule has 2 aromatic heterocycles. The van der Waals surface area contributed by atoms with E-state index in [0.29, 0.717) is 5.92 Å². The fourth-order valence-electron chi connectivity index (χ4n) is 2.58. The normalized spacial score (nSPS) is 16.1. The lowest BCUT2D eigenvalue weighted by atomic mass is 9.99. The number of aromatic nitrogens is 4. The van der Waals surface area contributed by atoms with E-state index >= 15 is 0 Å². The number of rotatable bonds is 4. The van der Waals surface area contributed by atoms with E-state index in [1.54, 1.807) is 4.68 Å². The smallest absolute Gasteiger partial charge is 0.134 e. The van der Waals surface area contributed by atoms with Gasteiger partial charge in [-0.05, 0) is 19.8 Å². The van der Waals surface area contributed by atoms with Gasteiger partial charge in [-0.25, -0.2) is 9.97 Å². The van der Waals surface area contributed by atoms with Crippen LogP contribution in [0.4, 0.5) is 5.82 Å². The molecule has 21 heavy (non-hydrogen) atoms. The van der Waals surface area contributed by atoms with Crippen LogP contribution < -0.4 is 5.32 Å². The molecule has 1 N–H and O–H groups in total. The number of aryl methyl sites for hydroxylation is 1. The average Bonchev–Trinajstić information content (AvgIpc) is 2.95. The van der Waals surface area contributed by atoms with Crippen LogP contribution in [0.25, 0.3) is 11.3 Å². The minimum atomic E-state index is 0.382. The minimum Gasteiger partial charge on any atom is -0.381 e. The molecular formula is C15H21N5O. The minimum absolute atomic E-state index is 0.382. The molecular weight excluding hydrogens is 266 g/mol. The van der Waals surface area contributed by atoms with Crippen molar-refractivity contribution in [2.75, 3.05) is 25.1 Å². The average molecular weight is 287 g/mol. The van der Waals surface area contributed by atoms with Crippen molar-refractivity contribution in [1.82, 2.24) is 19.7 Å². The summed E-state index contributed by atoms with van der Waals surface area (Å²) in [5, 5.41) is 7.52. The van der Waals surface area contributed by atoms with E-state index in [9.17, 15) is 0 Å². The SMILES string of the molecule is CCNc1cc(-c2cnn(C)c2)nc(C2CCOCC2)n1. The van der Waals surface area contributed by atoms with Crippen LogP contribution in [0, 0.1) is 0 Å². The summed E-state index contributed by atoms with van der Waals surface area (Å²) in [6, 6.07) is 1.99. The van der Waals surface area contributed by atoms with E-state index in [0.717, 1.165) is 55.5 Å². The topological polar surface area (TPSA) is 64.9 Å². The Bertz CT molecular complexity index is 604. The maximum absolute atomic E-state index is 5.43. The monoisotopic (exact) mass is 287 g/mol. The molecule has 1 saturated heterocycles. The predicted octanol–water partition coefficient (Wildman–Crippen LogP) is 2.20. The number of ether oxygens (including phenoxy) is 1. The summed E-state index contributed by atoms with van der Waals surface area (Å²) in [6.07, 6.45) is 5.79. The van der Waals surface area contributed by atoms with Gasteiger partial charge in [-0.15, -0.1) is 0 Å². The van der Waals surface area contributed by atoms with Crippen molar-refractivity contribution in [3.05, 3.63) is 24.3 Å². The Labute approximate surface area is 124 Å². The van der Waals surface area contributed by atoms with Gasteiger partial charge in [0.2, 0.25) is 0 Å². The van der Waals surface area contributed by atoms with Crippen molar-refractivity contribution in [2.45, 2.75) is 25.7 Å². The molecule has 1 aliphatic rings. The van der Waals surface area contributed by atoms with E-state index in [1.165, 1.54) is 0 Å². The zero-order valence-electron chi connectivity index (χ0n) is 12.5. The first-order valence-electron chi connectivity index (χ1n) is 7.46. The van der Waals surface area contributed by atoms with Crippen LogP contribution in [0.15, 0.2) is 18.5 Å². The van der Waals surface area contributed by atoms with Gasteiger partial charge in [0.05, 0.1) is 11.9 Å². The molecule has 0 unspecified atom stereocenters. The Kier molecular flexibility index (Phi) is 4.15. The van der Waals surface area contributed by atoms with Gasteiger partial charge in [0.25, 0.3) is 0 Å². The summed E-state index contributed by atoms with van der Waals surface area (Å²) in [5.41, 5.74) is 1.95. The Balaban J connectivity index is 1.96. The Hall–Kier alpha value is -1.95. The third-order valence-corrected chi connectivity index (χ3v) is 3.69. The molecule has 0 atom stereocenters. The number of hydrogen-bond donors (Lipinski definition) is 1. The largest absolute Gasteiger partial charge is 0.381 e. The van der Waals surface area contributed by atoms with Gasteiger partial charge in [0, 0.05) is 50.6 Å². The molecule has 3 heterocycles. The fraction of sp³-hybridized carbons (Fsp3) is 0.533. The predicted molar refractivity (Wildman–Crippen MR) is 81.2 cm³/mol. The molecule has 2 aromatic rings. The molecule has 0 aliphatic carbocycles. The second kappa shape index (κ2) is 6.22. The van der Waals surface area contributed by atoms with Gasteiger partial charge >= 0.3 is 0 Å². The summed E-state index contributed by atoms with van der Waals surface area (Å²) in [7, 11) is 1.91. The summed E-state index contributed by atoms with van der Waals surface area (Å²) < 4.78 is 7.22. The highest BCUT2D eigenvalue weighted by molar-refractivity contribution is 5.61. The van der Waals surface area contributed by atoms with Crippen molar-refractivity contribution in [3.8, 4) is 11.3 Å². The van der Waals surface area contributed by atoms with E-state index in [1.807, 2.05) is 25.5 Å². The molecule has 0 aromatic carbocycles. The molecule has 1 aliphatic heterocycles. The second-order valence-electron chi connectivity index (χ2n) is 5.32. The van der Waals surface area contributed by atoms with E-state index in [4.69, 9.17) is 9.72 Å². The van der Waals surface area contributed by atoms with Gasteiger partial charge in [0.1, 0.15) is 11.6 Å². The molecule has 6 heteroatoms. The fourth-order valence-corrected chi connectivity index (χ4v) is 2.58. The lowest BCUT2D eigenvalue weighted by molar-refractivity contribution is 0.0836. The zero-order valence-corrected chi connectivity index (χ0v) is 12.5. The summed E-state index contributed by atoms with van der Waals surface area (Å²) in [4.78, 5) is 9.44. The van der Waals surface area contributed by atoms with Crippen LogP contribution in [-0.4, -0.2) is 39.5 Å². The molecule has 6 nitrogen and oxygen atoms in total. The van der Waals surface area contributed by atoms with Gasteiger partial charge in [-0.3, -0.25) is 4.68 Å². The maximum atomic E-state index is 5.43. The molecule has 0 bridgehead atoms. The first-order valence-corrected chi connectivity index (χ1v) is 7.46. The highest BCUT2D eigenvalue weighted by atomic mass is 16.5. The van der Waals surface area contributed by atoms with Crippen molar-refractivity contribution < 1.29 is 4.74 Å². The van der Waals surface area contributed by atoms with Gasteiger partial charge in [-0.2, -0.15) is 5.10 Å². The maximum Gasteiger partial charge on any atom is 0.134 e. The molecule has 112 valence electrons. The second-order valence-corrected chi connectivity index (χ2v) is 5.32. The zero-order chi connectivity index (χ0) is 14.7. The Morgan fingerprint density at radius 2 is 2.14 bits per heavy atom. The first-order chi connectivity index (χ1) is 10.3. The number of nitrogens with one attached hydrogen (secondary N) is 1. The third kappa shape index (κ3) is 3.21.